The second-order valence-corrected chi connectivity index (χ2v) is 16.5. The van der Waals surface area contributed by atoms with E-state index in [9.17, 15) is 33.9 Å². The number of nitrogens with zero attached hydrogens (tertiary/aromatic N) is 2. The molecule has 58 heavy (non-hydrogen) atoms. The number of nitrogens with one attached hydrogen (secondary N) is 3. The molecular formula is C44H61N5O9. The molecule has 0 spiro atoms. The highest BCUT2D eigenvalue weighted by atomic mass is 16.6. The number of benzene rings is 2. The van der Waals surface area contributed by atoms with Crippen LogP contribution in [0.2, 0.25) is 0 Å². The minimum atomic E-state index is -1.23. The Morgan fingerprint density at radius 2 is 1.45 bits per heavy atom. The van der Waals surface area contributed by atoms with Crippen LogP contribution in [0, 0.1) is 11.8 Å². The van der Waals surface area contributed by atoms with Gasteiger partial charge in [0.2, 0.25) is 17.7 Å². The van der Waals surface area contributed by atoms with Crippen LogP contribution in [0.1, 0.15) is 90.7 Å². The van der Waals surface area contributed by atoms with Gasteiger partial charge in [0.1, 0.15) is 30.3 Å². The monoisotopic (exact) mass is 803 g/mol. The molecule has 0 radical (unpaired) electrons. The van der Waals surface area contributed by atoms with Crippen molar-refractivity contribution in [1.82, 2.24) is 25.8 Å². The highest BCUT2D eigenvalue weighted by Gasteiger charge is 2.43. The summed E-state index contributed by atoms with van der Waals surface area (Å²) in [5.41, 5.74) is 1.10. The van der Waals surface area contributed by atoms with Gasteiger partial charge in [-0.1, -0.05) is 86.7 Å². The lowest BCUT2D eigenvalue weighted by Crippen LogP contribution is -2.55. The normalized spacial score (nSPS) is 18.4. The van der Waals surface area contributed by atoms with Crippen molar-refractivity contribution in [3.63, 3.8) is 0 Å². The van der Waals surface area contributed by atoms with E-state index < -0.39 is 59.7 Å². The largest absolute Gasteiger partial charge is 0.480 e. The first-order valence-electron chi connectivity index (χ1n) is 20.4. The zero-order valence-corrected chi connectivity index (χ0v) is 34.5. The average Bonchev–Trinajstić information content (AvgIpc) is 3.87. The van der Waals surface area contributed by atoms with Crippen LogP contribution in [0.15, 0.2) is 72.8 Å². The lowest BCUT2D eigenvalue weighted by atomic mass is 9.94. The van der Waals surface area contributed by atoms with Gasteiger partial charge in [-0.3, -0.25) is 14.4 Å². The summed E-state index contributed by atoms with van der Waals surface area (Å²) in [7, 11) is 0. The number of amides is 5. The zero-order chi connectivity index (χ0) is 42.2. The van der Waals surface area contributed by atoms with E-state index in [0.29, 0.717) is 51.6 Å². The van der Waals surface area contributed by atoms with Crippen LogP contribution in [-0.2, 0) is 41.7 Å². The summed E-state index contributed by atoms with van der Waals surface area (Å²) in [5, 5.41) is 18.1. The third-order valence-electron chi connectivity index (χ3n) is 10.0. The van der Waals surface area contributed by atoms with E-state index in [1.807, 2.05) is 86.7 Å². The molecule has 5 amide bonds. The maximum absolute atomic E-state index is 14.4. The molecule has 0 aromatic heterocycles. The van der Waals surface area contributed by atoms with Crippen molar-refractivity contribution in [1.29, 1.82) is 0 Å². The molecule has 2 saturated heterocycles. The third kappa shape index (κ3) is 14.5. The highest BCUT2D eigenvalue weighted by molar-refractivity contribution is 5.94. The van der Waals surface area contributed by atoms with Crippen LogP contribution in [0.4, 0.5) is 9.59 Å². The predicted molar refractivity (Wildman–Crippen MR) is 218 cm³/mol. The number of aliphatic carboxylic acids is 1. The first kappa shape index (κ1) is 45.3. The van der Waals surface area contributed by atoms with Crippen LogP contribution in [0.5, 0.6) is 0 Å². The van der Waals surface area contributed by atoms with Gasteiger partial charge in [0, 0.05) is 19.6 Å². The number of hydrogen-bond acceptors (Lipinski definition) is 8. The summed E-state index contributed by atoms with van der Waals surface area (Å²) in [5.74, 6) is -2.75. The summed E-state index contributed by atoms with van der Waals surface area (Å²) < 4.78 is 10.7. The second-order valence-electron chi connectivity index (χ2n) is 16.5. The van der Waals surface area contributed by atoms with Crippen LogP contribution in [0.25, 0.3) is 0 Å². The van der Waals surface area contributed by atoms with Crippen molar-refractivity contribution in [3.05, 3.63) is 83.9 Å². The fourth-order valence-corrected chi connectivity index (χ4v) is 7.32. The summed E-state index contributed by atoms with van der Waals surface area (Å²) in [4.78, 5) is 82.3. The van der Waals surface area contributed by atoms with Crippen molar-refractivity contribution in [2.24, 2.45) is 11.8 Å². The minimum Gasteiger partial charge on any atom is -0.480 e. The van der Waals surface area contributed by atoms with Gasteiger partial charge in [-0.2, -0.15) is 0 Å². The van der Waals surface area contributed by atoms with Gasteiger partial charge < -0.3 is 40.3 Å². The first-order chi connectivity index (χ1) is 27.6. The van der Waals surface area contributed by atoms with E-state index in [2.05, 4.69) is 16.0 Å². The molecule has 14 nitrogen and oxygen atoms in total. The van der Waals surface area contributed by atoms with Crippen molar-refractivity contribution in [2.45, 2.75) is 122 Å². The number of hydrogen-bond donors (Lipinski definition) is 4. The average molecular weight is 804 g/mol. The minimum absolute atomic E-state index is 0.0489. The molecular weight excluding hydrogens is 743 g/mol. The van der Waals surface area contributed by atoms with Gasteiger partial charge >= 0.3 is 18.2 Å². The van der Waals surface area contributed by atoms with Gasteiger partial charge in [0.25, 0.3) is 0 Å². The number of rotatable bonds is 18. The molecule has 2 heterocycles. The Hall–Kier alpha value is -5.40. The Kier molecular flexibility index (Phi) is 17.1. The Morgan fingerprint density at radius 3 is 2.07 bits per heavy atom. The number of ether oxygens (including phenoxy) is 2. The van der Waals surface area contributed by atoms with Crippen molar-refractivity contribution in [3.8, 4) is 0 Å². The number of alkyl carbamates (subject to hydrolysis) is 2. The van der Waals surface area contributed by atoms with Gasteiger partial charge in [-0.15, -0.1) is 0 Å². The van der Waals surface area contributed by atoms with Gasteiger partial charge in [0.05, 0.1) is 12.0 Å². The number of carboxylic acid groups (broad SMARTS) is 1. The molecule has 4 N–H and O–H groups in total. The summed E-state index contributed by atoms with van der Waals surface area (Å²) >= 11 is 0. The van der Waals surface area contributed by atoms with Gasteiger partial charge in [0.15, 0.2) is 0 Å². The number of carbonyl (C=O) groups is 6. The molecule has 0 unspecified atom stereocenters. The first-order valence-corrected chi connectivity index (χ1v) is 20.4. The number of likely N-dealkylation sites (tertiary alicyclic amines) is 2. The number of carboxylic acids is 1. The standard InChI is InChI=1S/C44H61N5O9/c1-30(2)27-34(46-43(56)58-44(3,4)5)23-22-33(28-31-15-8-6-9-16-31)39(51)49-26-14-21-37(49)40(52)48-25-13-20-36(48)38(50)47-35(41(53)54)19-12-24-45-42(55)57-29-32-17-10-7-11-18-32/h6-11,15-18,22-23,30,33-37H,12-14,19-21,24-29H2,1-5H3,(H,45,55)(H,46,56)(H,47,50)(H,53,54)/b23-22+/t33-,34-,35+,36+,37+/m1/s1. The summed E-state index contributed by atoms with van der Waals surface area (Å²) in [6.45, 7) is 10.4. The van der Waals surface area contributed by atoms with Crippen molar-refractivity contribution in [2.75, 3.05) is 19.6 Å². The fourth-order valence-electron chi connectivity index (χ4n) is 7.32. The highest BCUT2D eigenvalue weighted by Crippen LogP contribution is 2.28. The number of carbonyl (C=O) groups excluding carboxylic acids is 5. The second kappa shape index (κ2) is 21.9. The molecule has 0 bridgehead atoms. The Labute approximate surface area is 342 Å². The van der Waals surface area contributed by atoms with E-state index >= 15 is 0 Å². The molecule has 2 aromatic rings. The van der Waals surface area contributed by atoms with Crippen LogP contribution < -0.4 is 16.0 Å². The smallest absolute Gasteiger partial charge is 0.408 e. The molecule has 2 aliphatic heterocycles. The van der Waals surface area contributed by atoms with Crippen LogP contribution in [-0.4, -0.2) is 100 Å². The Morgan fingerprint density at radius 1 is 0.828 bits per heavy atom. The molecule has 2 aliphatic rings. The van der Waals surface area contributed by atoms with Gasteiger partial charge in [-0.25, -0.2) is 14.4 Å². The molecule has 0 aliphatic carbocycles. The van der Waals surface area contributed by atoms with E-state index in [1.54, 1.807) is 25.7 Å². The SMILES string of the molecule is CC(C)C[C@@H](/C=C/[C@H](Cc1ccccc1)C(=O)N1CCC[C@H]1C(=O)N1CCC[C@H]1C(=O)N[C@@H](CCCNC(=O)OCc1ccccc1)C(=O)O)NC(=O)OC(C)(C)C. The third-order valence-corrected chi connectivity index (χ3v) is 10.0. The van der Waals surface area contributed by atoms with E-state index in [1.165, 1.54) is 4.90 Å². The molecule has 2 aromatic carbocycles. The maximum Gasteiger partial charge on any atom is 0.408 e. The molecule has 14 heteroatoms. The molecule has 4 rings (SSSR count). The van der Waals surface area contributed by atoms with Crippen molar-refractivity contribution < 1.29 is 43.3 Å². The van der Waals surface area contributed by atoms with Crippen molar-refractivity contribution >= 4 is 35.9 Å². The van der Waals surface area contributed by atoms with E-state index in [4.69, 9.17) is 9.47 Å². The summed E-state index contributed by atoms with van der Waals surface area (Å²) in [6.07, 6.45) is 5.75. The van der Waals surface area contributed by atoms with Crippen LogP contribution >= 0.6 is 0 Å². The Balaban J connectivity index is 1.40. The lowest BCUT2D eigenvalue weighted by Gasteiger charge is -2.33. The predicted octanol–water partition coefficient (Wildman–Crippen LogP) is 5.60. The van der Waals surface area contributed by atoms with Crippen LogP contribution in [0.3, 0.4) is 0 Å². The van der Waals surface area contributed by atoms with Gasteiger partial charge in [-0.05, 0) is 89.2 Å². The lowest BCUT2D eigenvalue weighted by molar-refractivity contribution is -0.148. The zero-order valence-electron chi connectivity index (χ0n) is 34.5. The molecule has 316 valence electrons. The topological polar surface area (TPSA) is 184 Å². The molecule has 5 atom stereocenters. The van der Waals surface area contributed by atoms with E-state index in [0.717, 1.165) is 11.1 Å². The molecule has 0 saturated carbocycles. The summed E-state index contributed by atoms with van der Waals surface area (Å²) in [6, 6.07) is 15.5. The molecule has 2 fully saturated rings. The van der Waals surface area contributed by atoms with E-state index in [-0.39, 0.29) is 43.7 Å². The quantitative estimate of drug-likeness (QED) is 0.110. The Bertz CT molecular complexity index is 1710. The fraction of sp³-hybridized carbons (Fsp3) is 0.545. The maximum atomic E-state index is 14.4.